The van der Waals surface area contributed by atoms with Gasteiger partial charge in [-0.1, -0.05) is 65.8 Å². The molecule has 102 valence electrons. The molecule has 3 heteroatoms. The van der Waals surface area contributed by atoms with Gasteiger partial charge in [-0.05, 0) is 6.92 Å². The van der Waals surface area contributed by atoms with E-state index in [1.54, 1.807) is 0 Å². The van der Waals surface area contributed by atoms with Gasteiger partial charge in [-0.25, -0.2) is 0 Å². The van der Waals surface area contributed by atoms with Crippen LogP contribution in [0.25, 0.3) is 33.6 Å². The largest absolute Gasteiger partial charge is 0.451 e. The monoisotopic (exact) mass is 275 g/mol. The van der Waals surface area contributed by atoms with Crippen molar-refractivity contribution in [3.8, 4) is 22.6 Å². The highest BCUT2D eigenvalue weighted by atomic mass is 16.5. The first-order valence-corrected chi connectivity index (χ1v) is 6.84. The molecule has 4 rings (SSSR count). The topological polar surface area (TPSA) is 39.2 Å². The summed E-state index contributed by atoms with van der Waals surface area (Å²) in [5.41, 5.74) is 3.56. The maximum atomic E-state index is 6.12. The number of hydrogen-bond donors (Lipinski definition) is 0. The molecule has 2 aromatic heterocycles. The van der Waals surface area contributed by atoms with Gasteiger partial charge in [0.05, 0.1) is 11.1 Å². The van der Waals surface area contributed by atoms with Crippen molar-refractivity contribution in [3.63, 3.8) is 0 Å². The van der Waals surface area contributed by atoms with Crippen LogP contribution in [0, 0.1) is 6.92 Å². The molecular weight excluding hydrogens is 262 g/mol. The average molecular weight is 275 g/mol. The predicted molar refractivity (Wildman–Crippen MR) is 81.9 cm³/mol. The van der Waals surface area contributed by atoms with Crippen molar-refractivity contribution in [2.75, 3.05) is 0 Å². The van der Waals surface area contributed by atoms with Gasteiger partial charge < -0.3 is 8.94 Å². The molecule has 21 heavy (non-hydrogen) atoms. The third-order valence-electron chi connectivity index (χ3n) is 3.57. The SMILES string of the molecule is Cc1noc2c(-c3ccccc3)oc(-c3ccccc3)c12. The van der Waals surface area contributed by atoms with E-state index < -0.39 is 0 Å². The van der Waals surface area contributed by atoms with Crippen molar-refractivity contribution in [1.82, 2.24) is 5.16 Å². The van der Waals surface area contributed by atoms with Crippen LogP contribution in [0.3, 0.4) is 0 Å². The van der Waals surface area contributed by atoms with Crippen molar-refractivity contribution >= 4 is 11.0 Å². The summed E-state index contributed by atoms with van der Waals surface area (Å²) in [6, 6.07) is 20.0. The smallest absolute Gasteiger partial charge is 0.213 e. The second-order valence-electron chi connectivity index (χ2n) is 4.96. The molecule has 0 radical (unpaired) electrons. The Balaban J connectivity index is 2.03. The molecule has 4 aromatic rings. The molecule has 2 heterocycles. The first-order chi connectivity index (χ1) is 10.3. The maximum Gasteiger partial charge on any atom is 0.213 e. The van der Waals surface area contributed by atoms with Crippen molar-refractivity contribution < 1.29 is 8.94 Å². The molecule has 0 atom stereocenters. The van der Waals surface area contributed by atoms with E-state index in [0.717, 1.165) is 33.7 Å². The maximum absolute atomic E-state index is 6.12. The number of rotatable bonds is 2. The van der Waals surface area contributed by atoms with Gasteiger partial charge in [0.15, 0.2) is 5.76 Å². The minimum atomic E-state index is 0.706. The summed E-state index contributed by atoms with van der Waals surface area (Å²) in [4.78, 5) is 0. The van der Waals surface area contributed by atoms with E-state index >= 15 is 0 Å². The molecule has 0 unspecified atom stereocenters. The van der Waals surface area contributed by atoms with E-state index in [0.29, 0.717) is 5.58 Å². The van der Waals surface area contributed by atoms with Gasteiger partial charge in [-0.2, -0.15) is 0 Å². The van der Waals surface area contributed by atoms with Crippen LogP contribution in [0.15, 0.2) is 69.6 Å². The van der Waals surface area contributed by atoms with E-state index in [1.165, 1.54) is 0 Å². The Hall–Kier alpha value is -2.81. The van der Waals surface area contributed by atoms with Crippen LogP contribution in [0.4, 0.5) is 0 Å². The van der Waals surface area contributed by atoms with Crippen molar-refractivity contribution in [3.05, 3.63) is 66.4 Å². The minimum absolute atomic E-state index is 0.706. The number of furan rings is 1. The lowest BCUT2D eigenvalue weighted by Crippen LogP contribution is -1.76. The summed E-state index contributed by atoms with van der Waals surface area (Å²) in [5, 5.41) is 5.04. The first-order valence-electron chi connectivity index (χ1n) is 6.84. The van der Waals surface area contributed by atoms with Crippen molar-refractivity contribution in [1.29, 1.82) is 0 Å². The van der Waals surface area contributed by atoms with Crippen LogP contribution < -0.4 is 0 Å². The van der Waals surface area contributed by atoms with Gasteiger partial charge >= 0.3 is 0 Å². The van der Waals surface area contributed by atoms with Crippen LogP contribution in [0.1, 0.15) is 5.69 Å². The third-order valence-corrected chi connectivity index (χ3v) is 3.57. The molecule has 0 bridgehead atoms. The lowest BCUT2D eigenvalue weighted by atomic mass is 10.1. The summed E-state index contributed by atoms with van der Waals surface area (Å²) in [5.74, 6) is 1.54. The zero-order valence-electron chi connectivity index (χ0n) is 11.5. The van der Waals surface area contributed by atoms with Crippen LogP contribution in [0.2, 0.25) is 0 Å². The lowest BCUT2D eigenvalue weighted by molar-refractivity contribution is 0.444. The highest BCUT2D eigenvalue weighted by molar-refractivity contribution is 6.00. The van der Waals surface area contributed by atoms with E-state index in [-0.39, 0.29) is 0 Å². The zero-order valence-corrected chi connectivity index (χ0v) is 11.5. The normalized spacial score (nSPS) is 11.1. The molecule has 0 aliphatic carbocycles. The van der Waals surface area contributed by atoms with Crippen LogP contribution in [0.5, 0.6) is 0 Å². The Kier molecular flexibility index (Phi) is 2.64. The summed E-state index contributed by atoms with van der Waals surface area (Å²) in [6.07, 6.45) is 0. The Bertz CT molecular complexity index is 889. The second-order valence-corrected chi connectivity index (χ2v) is 4.96. The number of benzene rings is 2. The van der Waals surface area contributed by atoms with Crippen LogP contribution in [-0.4, -0.2) is 5.16 Å². The summed E-state index contributed by atoms with van der Waals surface area (Å²) in [6.45, 7) is 1.93. The van der Waals surface area contributed by atoms with E-state index in [2.05, 4.69) is 5.16 Å². The molecule has 0 saturated heterocycles. The standard InChI is InChI=1S/C18H13NO2/c1-12-15-16(13-8-4-2-5-9-13)20-17(18(15)21-19-12)14-10-6-3-7-11-14/h2-11H,1H3. The summed E-state index contributed by atoms with van der Waals surface area (Å²) >= 11 is 0. The van der Waals surface area contributed by atoms with E-state index in [4.69, 9.17) is 8.94 Å². The third kappa shape index (κ3) is 1.86. The molecule has 0 saturated carbocycles. The van der Waals surface area contributed by atoms with Gasteiger partial charge in [0.2, 0.25) is 5.58 Å². The number of nitrogens with zero attached hydrogens (tertiary/aromatic N) is 1. The first kappa shape index (κ1) is 12.0. The molecular formula is C18H13NO2. The Morgan fingerprint density at radius 1 is 0.762 bits per heavy atom. The van der Waals surface area contributed by atoms with Crippen LogP contribution >= 0.6 is 0 Å². The molecule has 0 amide bonds. The highest BCUT2D eigenvalue weighted by Crippen LogP contribution is 2.40. The van der Waals surface area contributed by atoms with Crippen LogP contribution in [-0.2, 0) is 0 Å². The fraction of sp³-hybridized carbons (Fsp3) is 0.0556. The van der Waals surface area contributed by atoms with E-state index in [9.17, 15) is 0 Å². The quantitative estimate of drug-likeness (QED) is 0.513. The Labute approximate surface area is 121 Å². The molecule has 3 nitrogen and oxygen atoms in total. The highest BCUT2D eigenvalue weighted by Gasteiger charge is 2.22. The fourth-order valence-corrected chi connectivity index (χ4v) is 2.56. The molecule has 0 fully saturated rings. The second kappa shape index (κ2) is 4.63. The summed E-state index contributed by atoms with van der Waals surface area (Å²) in [7, 11) is 0. The van der Waals surface area contributed by atoms with Gasteiger partial charge in [-0.3, -0.25) is 0 Å². The van der Waals surface area contributed by atoms with Gasteiger partial charge in [0.25, 0.3) is 0 Å². The van der Waals surface area contributed by atoms with Crippen molar-refractivity contribution in [2.24, 2.45) is 0 Å². The number of aryl methyl sites for hydroxylation is 1. The molecule has 0 aliphatic rings. The number of fused-ring (bicyclic) bond motifs is 1. The molecule has 0 aliphatic heterocycles. The lowest BCUT2D eigenvalue weighted by Gasteiger charge is -1.98. The molecule has 0 spiro atoms. The zero-order chi connectivity index (χ0) is 14.2. The van der Waals surface area contributed by atoms with Gasteiger partial charge in [0.1, 0.15) is 5.76 Å². The fourth-order valence-electron chi connectivity index (χ4n) is 2.56. The Morgan fingerprint density at radius 3 is 1.95 bits per heavy atom. The van der Waals surface area contributed by atoms with Crippen molar-refractivity contribution in [2.45, 2.75) is 6.92 Å². The van der Waals surface area contributed by atoms with Gasteiger partial charge in [-0.15, -0.1) is 0 Å². The average Bonchev–Trinajstić information content (AvgIpc) is 3.10. The van der Waals surface area contributed by atoms with E-state index in [1.807, 2.05) is 67.6 Å². The molecule has 0 N–H and O–H groups in total. The number of aromatic nitrogens is 1. The minimum Gasteiger partial charge on any atom is -0.451 e. The summed E-state index contributed by atoms with van der Waals surface area (Å²) < 4.78 is 11.6. The number of hydrogen-bond acceptors (Lipinski definition) is 3. The Morgan fingerprint density at radius 2 is 1.33 bits per heavy atom. The van der Waals surface area contributed by atoms with Gasteiger partial charge in [0, 0.05) is 11.1 Å². The molecule has 2 aromatic carbocycles. The predicted octanol–water partition coefficient (Wildman–Crippen LogP) is 5.06.